The summed E-state index contributed by atoms with van der Waals surface area (Å²) in [5.41, 5.74) is 8.06. The molecule has 2 rings (SSSR count). The minimum Gasteiger partial charge on any atom is -0.326 e. The molecule has 0 radical (unpaired) electrons. The van der Waals surface area contributed by atoms with Crippen LogP contribution in [0.1, 0.15) is 17.5 Å². The summed E-state index contributed by atoms with van der Waals surface area (Å²) >= 11 is 0. The standard InChI is InChI=1S/C12H17FN2/c1-9-6-11(13)3-2-10(9)7-15-5-4-12(14)8-15/h2-3,6,12H,4-5,7-8,14H2,1H3/t12-/m1/s1. The van der Waals surface area contributed by atoms with Crippen molar-refractivity contribution < 1.29 is 4.39 Å². The third-order valence-corrected chi connectivity index (χ3v) is 3.01. The molecule has 1 saturated heterocycles. The van der Waals surface area contributed by atoms with Crippen LogP contribution >= 0.6 is 0 Å². The number of benzene rings is 1. The molecule has 0 saturated carbocycles. The average molecular weight is 208 g/mol. The fraction of sp³-hybridized carbons (Fsp3) is 0.500. The van der Waals surface area contributed by atoms with Gasteiger partial charge in [0.05, 0.1) is 0 Å². The van der Waals surface area contributed by atoms with Crippen LogP contribution in [0.2, 0.25) is 0 Å². The van der Waals surface area contributed by atoms with Gasteiger partial charge in [0, 0.05) is 25.7 Å². The van der Waals surface area contributed by atoms with Gasteiger partial charge < -0.3 is 5.73 Å². The highest BCUT2D eigenvalue weighted by Gasteiger charge is 2.19. The van der Waals surface area contributed by atoms with Crippen LogP contribution in [0.3, 0.4) is 0 Å². The molecular formula is C12H17FN2. The van der Waals surface area contributed by atoms with Crippen LogP contribution in [-0.2, 0) is 6.54 Å². The SMILES string of the molecule is Cc1cc(F)ccc1CN1CC[C@@H](N)C1. The van der Waals surface area contributed by atoms with Crippen LogP contribution < -0.4 is 5.73 Å². The van der Waals surface area contributed by atoms with E-state index in [2.05, 4.69) is 4.90 Å². The van der Waals surface area contributed by atoms with Crippen molar-refractivity contribution in [2.24, 2.45) is 5.73 Å². The lowest BCUT2D eigenvalue weighted by Gasteiger charge is -2.16. The molecule has 0 aliphatic carbocycles. The van der Waals surface area contributed by atoms with Gasteiger partial charge in [-0.15, -0.1) is 0 Å². The van der Waals surface area contributed by atoms with Gasteiger partial charge in [-0.2, -0.15) is 0 Å². The summed E-state index contributed by atoms with van der Waals surface area (Å²) in [7, 11) is 0. The molecule has 1 aliphatic heterocycles. The van der Waals surface area contributed by atoms with E-state index in [4.69, 9.17) is 5.73 Å². The Bertz CT molecular complexity index is 351. The summed E-state index contributed by atoms with van der Waals surface area (Å²) in [6.07, 6.45) is 1.07. The molecule has 2 N–H and O–H groups in total. The second-order valence-corrected chi connectivity index (χ2v) is 4.35. The van der Waals surface area contributed by atoms with Crippen molar-refractivity contribution in [3.05, 3.63) is 35.1 Å². The number of nitrogens with zero attached hydrogens (tertiary/aromatic N) is 1. The first-order valence-electron chi connectivity index (χ1n) is 5.38. The zero-order chi connectivity index (χ0) is 10.8. The van der Waals surface area contributed by atoms with Gasteiger partial charge in [-0.05, 0) is 36.6 Å². The van der Waals surface area contributed by atoms with Gasteiger partial charge >= 0.3 is 0 Å². The molecule has 2 nitrogen and oxygen atoms in total. The quantitative estimate of drug-likeness (QED) is 0.801. The molecule has 0 spiro atoms. The molecular weight excluding hydrogens is 191 g/mol. The third-order valence-electron chi connectivity index (χ3n) is 3.01. The Morgan fingerprint density at radius 3 is 2.93 bits per heavy atom. The Hall–Kier alpha value is -0.930. The van der Waals surface area contributed by atoms with Crippen molar-refractivity contribution >= 4 is 0 Å². The molecule has 15 heavy (non-hydrogen) atoms. The molecule has 1 aliphatic rings. The lowest BCUT2D eigenvalue weighted by atomic mass is 10.1. The summed E-state index contributed by atoms with van der Waals surface area (Å²) in [5, 5.41) is 0. The summed E-state index contributed by atoms with van der Waals surface area (Å²) in [6.45, 7) is 4.85. The summed E-state index contributed by atoms with van der Waals surface area (Å²) in [5.74, 6) is -0.158. The first-order chi connectivity index (χ1) is 7.15. The van der Waals surface area contributed by atoms with E-state index in [0.717, 1.165) is 31.6 Å². The molecule has 0 unspecified atom stereocenters. The van der Waals surface area contributed by atoms with Gasteiger partial charge in [0.15, 0.2) is 0 Å². The number of likely N-dealkylation sites (tertiary alicyclic amines) is 1. The maximum Gasteiger partial charge on any atom is 0.123 e. The van der Waals surface area contributed by atoms with E-state index in [1.54, 1.807) is 6.07 Å². The van der Waals surface area contributed by atoms with Crippen molar-refractivity contribution in [1.82, 2.24) is 4.90 Å². The first kappa shape index (κ1) is 10.6. The number of hydrogen-bond acceptors (Lipinski definition) is 2. The third kappa shape index (κ3) is 2.55. The highest BCUT2D eigenvalue weighted by molar-refractivity contribution is 5.26. The van der Waals surface area contributed by atoms with E-state index in [9.17, 15) is 4.39 Å². The normalized spacial score (nSPS) is 22.2. The molecule has 0 aromatic heterocycles. The second-order valence-electron chi connectivity index (χ2n) is 4.35. The number of rotatable bonds is 2. The molecule has 1 fully saturated rings. The van der Waals surface area contributed by atoms with Gasteiger partial charge in [-0.25, -0.2) is 4.39 Å². The van der Waals surface area contributed by atoms with Gasteiger partial charge in [0.2, 0.25) is 0 Å². The maximum absolute atomic E-state index is 12.9. The first-order valence-corrected chi connectivity index (χ1v) is 5.38. The van der Waals surface area contributed by atoms with Crippen molar-refractivity contribution in [2.75, 3.05) is 13.1 Å². The van der Waals surface area contributed by atoms with E-state index in [1.165, 1.54) is 11.6 Å². The van der Waals surface area contributed by atoms with Crippen LogP contribution in [0.25, 0.3) is 0 Å². The van der Waals surface area contributed by atoms with Crippen LogP contribution in [0.5, 0.6) is 0 Å². The van der Waals surface area contributed by atoms with E-state index in [1.807, 2.05) is 13.0 Å². The van der Waals surface area contributed by atoms with Gasteiger partial charge in [-0.3, -0.25) is 4.90 Å². The van der Waals surface area contributed by atoms with E-state index >= 15 is 0 Å². The Morgan fingerprint density at radius 2 is 2.33 bits per heavy atom. The lowest BCUT2D eigenvalue weighted by molar-refractivity contribution is 0.326. The molecule has 0 bridgehead atoms. The average Bonchev–Trinajstić information content (AvgIpc) is 2.56. The number of aryl methyl sites for hydroxylation is 1. The van der Waals surface area contributed by atoms with Crippen LogP contribution in [0, 0.1) is 12.7 Å². The fourth-order valence-electron chi connectivity index (χ4n) is 2.08. The molecule has 1 aromatic rings. The largest absolute Gasteiger partial charge is 0.326 e. The molecule has 82 valence electrons. The zero-order valence-electron chi connectivity index (χ0n) is 9.04. The lowest BCUT2D eigenvalue weighted by Crippen LogP contribution is -2.26. The number of nitrogens with two attached hydrogens (primary N) is 1. The predicted molar refractivity (Wildman–Crippen MR) is 59.0 cm³/mol. The minimum atomic E-state index is -0.158. The molecule has 1 atom stereocenters. The van der Waals surface area contributed by atoms with Crippen molar-refractivity contribution in [3.63, 3.8) is 0 Å². The van der Waals surface area contributed by atoms with Gasteiger partial charge in [0.25, 0.3) is 0 Å². The van der Waals surface area contributed by atoms with E-state index in [0.29, 0.717) is 6.04 Å². The molecule has 1 aromatic carbocycles. The Morgan fingerprint density at radius 1 is 1.53 bits per heavy atom. The van der Waals surface area contributed by atoms with Crippen LogP contribution in [0.4, 0.5) is 4.39 Å². The minimum absolute atomic E-state index is 0.158. The molecule has 3 heteroatoms. The predicted octanol–water partition coefficient (Wildman–Crippen LogP) is 1.67. The molecule has 1 heterocycles. The summed E-state index contributed by atoms with van der Waals surface area (Å²) in [6, 6.07) is 5.30. The Labute approximate surface area is 89.9 Å². The zero-order valence-corrected chi connectivity index (χ0v) is 9.04. The summed E-state index contributed by atoms with van der Waals surface area (Å²) < 4.78 is 12.9. The van der Waals surface area contributed by atoms with Crippen LogP contribution in [0.15, 0.2) is 18.2 Å². The fourth-order valence-corrected chi connectivity index (χ4v) is 2.08. The highest BCUT2D eigenvalue weighted by atomic mass is 19.1. The van der Waals surface area contributed by atoms with Crippen LogP contribution in [-0.4, -0.2) is 24.0 Å². The monoisotopic (exact) mass is 208 g/mol. The number of hydrogen-bond donors (Lipinski definition) is 1. The van der Waals surface area contributed by atoms with E-state index < -0.39 is 0 Å². The highest BCUT2D eigenvalue weighted by Crippen LogP contribution is 2.16. The van der Waals surface area contributed by atoms with Crippen molar-refractivity contribution in [3.8, 4) is 0 Å². The Balaban J connectivity index is 2.04. The number of halogens is 1. The van der Waals surface area contributed by atoms with Gasteiger partial charge in [0.1, 0.15) is 5.82 Å². The maximum atomic E-state index is 12.9. The Kier molecular flexibility index (Phi) is 3.03. The second kappa shape index (κ2) is 4.29. The smallest absolute Gasteiger partial charge is 0.123 e. The van der Waals surface area contributed by atoms with Crippen molar-refractivity contribution in [2.45, 2.75) is 25.9 Å². The van der Waals surface area contributed by atoms with Gasteiger partial charge in [-0.1, -0.05) is 6.07 Å². The van der Waals surface area contributed by atoms with Crippen molar-refractivity contribution in [1.29, 1.82) is 0 Å². The topological polar surface area (TPSA) is 29.3 Å². The summed E-state index contributed by atoms with van der Waals surface area (Å²) in [4.78, 5) is 2.32. The molecule has 0 amide bonds. The van der Waals surface area contributed by atoms with E-state index in [-0.39, 0.29) is 5.82 Å².